The smallest absolute Gasteiger partial charge is 0.248 e. The summed E-state index contributed by atoms with van der Waals surface area (Å²) in [5, 5.41) is 6.12. The Bertz CT molecular complexity index is 1070. The van der Waals surface area contributed by atoms with Crippen LogP contribution in [-0.4, -0.2) is 27.2 Å². The first-order valence-corrected chi connectivity index (χ1v) is 10.0. The molecule has 0 spiro atoms. The number of hydrogen-bond donors (Lipinski definition) is 3. The van der Waals surface area contributed by atoms with Crippen molar-refractivity contribution in [1.82, 2.24) is 0 Å². The monoisotopic (exact) mass is 433 g/mol. The Morgan fingerprint density at radius 3 is 2.19 bits per heavy atom. The second kappa shape index (κ2) is 10.8. The number of carbonyl (C=O) groups is 1. The van der Waals surface area contributed by atoms with Crippen LogP contribution in [0.2, 0.25) is 0 Å². The molecule has 32 heavy (non-hydrogen) atoms. The number of para-hydroxylation sites is 2. The van der Waals surface area contributed by atoms with Crippen LogP contribution in [-0.2, 0) is 11.3 Å². The van der Waals surface area contributed by atoms with Gasteiger partial charge in [-0.3, -0.25) is 4.79 Å². The molecule has 3 rings (SSSR count). The van der Waals surface area contributed by atoms with Gasteiger partial charge in [-0.1, -0.05) is 36.4 Å². The Hall–Kier alpha value is -4.13. The molecule has 0 radical (unpaired) electrons. The molecular formula is C25H27N3O4. The maximum absolute atomic E-state index is 12.1. The highest BCUT2D eigenvalue weighted by Crippen LogP contribution is 2.40. The molecule has 0 bridgehead atoms. The molecule has 7 heteroatoms. The van der Waals surface area contributed by atoms with Crippen LogP contribution >= 0.6 is 0 Å². The molecule has 166 valence electrons. The van der Waals surface area contributed by atoms with Gasteiger partial charge in [0.05, 0.1) is 32.7 Å². The van der Waals surface area contributed by atoms with Crippen LogP contribution in [0.3, 0.4) is 0 Å². The molecular weight excluding hydrogens is 406 g/mol. The lowest BCUT2D eigenvalue weighted by atomic mass is 10.1. The SMILES string of the molecule is COc1cc(NCc2ccc(/C=C\C(=O)Nc3ccccc3N)cc2)cc(OC)c1OC. The van der Waals surface area contributed by atoms with Crippen molar-refractivity contribution in [1.29, 1.82) is 0 Å². The van der Waals surface area contributed by atoms with E-state index in [0.717, 1.165) is 16.8 Å². The summed E-state index contributed by atoms with van der Waals surface area (Å²) in [5.74, 6) is 1.49. The van der Waals surface area contributed by atoms with E-state index in [9.17, 15) is 4.79 Å². The molecule has 7 nitrogen and oxygen atoms in total. The van der Waals surface area contributed by atoms with Crippen LogP contribution < -0.4 is 30.6 Å². The molecule has 0 heterocycles. The van der Waals surface area contributed by atoms with E-state index in [1.165, 1.54) is 6.08 Å². The number of anilines is 3. The van der Waals surface area contributed by atoms with E-state index in [0.29, 0.717) is 35.2 Å². The maximum atomic E-state index is 12.1. The van der Waals surface area contributed by atoms with Crippen LogP contribution in [0.4, 0.5) is 17.1 Å². The highest BCUT2D eigenvalue weighted by Gasteiger charge is 2.13. The molecule has 1 amide bonds. The third kappa shape index (κ3) is 5.72. The molecule has 0 unspecified atom stereocenters. The van der Waals surface area contributed by atoms with Crippen molar-refractivity contribution in [2.45, 2.75) is 6.54 Å². The third-order valence-corrected chi connectivity index (χ3v) is 4.79. The number of methoxy groups -OCH3 is 3. The molecule has 0 aliphatic rings. The Morgan fingerprint density at radius 2 is 1.59 bits per heavy atom. The number of hydrogen-bond acceptors (Lipinski definition) is 6. The number of ether oxygens (including phenoxy) is 3. The quantitative estimate of drug-likeness (QED) is 0.338. The van der Waals surface area contributed by atoms with Crippen molar-refractivity contribution in [2.75, 3.05) is 37.7 Å². The van der Waals surface area contributed by atoms with E-state index in [-0.39, 0.29) is 5.91 Å². The van der Waals surface area contributed by atoms with Gasteiger partial charge in [0.15, 0.2) is 11.5 Å². The van der Waals surface area contributed by atoms with Crippen LogP contribution in [0.1, 0.15) is 11.1 Å². The predicted molar refractivity (Wildman–Crippen MR) is 128 cm³/mol. The topological polar surface area (TPSA) is 94.8 Å². The fourth-order valence-corrected chi connectivity index (χ4v) is 3.09. The molecule has 0 atom stereocenters. The molecule has 3 aromatic carbocycles. The summed E-state index contributed by atoms with van der Waals surface area (Å²) in [7, 11) is 4.75. The largest absolute Gasteiger partial charge is 0.493 e. The molecule has 3 aromatic rings. The van der Waals surface area contributed by atoms with Gasteiger partial charge in [-0.25, -0.2) is 0 Å². The van der Waals surface area contributed by atoms with Gasteiger partial charge in [-0.2, -0.15) is 0 Å². The van der Waals surface area contributed by atoms with Gasteiger partial charge in [0.25, 0.3) is 0 Å². The molecule has 0 aromatic heterocycles. The minimum atomic E-state index is -0.240. The van der Waals surface area contributed by atoms with Crippen LogP contribution in [0.5, 0.6) is 17.2 Å². The molecule has 0 saturated carbocycles. The van der Waals surface area contributed by atoms with Gasteiger partial charge in [0.1, 0.15) is 0 Å². The summed E-state index contributed by atoms with van der Waals surface area (Å²) in [6.45, 7) is 0.608. The number of carbonyl (C=O) groups excluding carboxylic acids is 1. The minimum Gasteiger partial charge on any atom is -0.493 e. The fraction of sp³-hybridized carbons (Fsp3) is 0.160. The Balaban J connectivity index is 1.60. The molecule has 0 aliphatic heterocycles. The molecule has 4 N–H and O–H groups in total. The summed E-state index contributed by atoms with van der Waals surface area (Å²) in [6, 6.07) is 18.8. The Kier molecular flexibility index (Phi) is 7.59. The highest BCUT2D eigenvalue weighted by molar-refractivity contribution is 6.03. The first-order valence-electron chi connectivity index (χ1n) is 10.0. The lowest BCUT2D eigenvalue weighted by Gasteiger charge is -2.15. The normalized spacial score (nSPS) is 10.6. The average molecular weight is 434 g/mol. The van der Waals surface area contributed by atoms with Gasteiger partial charge in [0, 0.05) is 30.4 Å². The van der Waals surface area contributed by atoms with Crippen molar-refractivity contribution < 1.29 is 19.0 Å². The number of nitrogens with two attached hydrogens (primary N) is 1. The van der Waals surface area contributed by atoms with Gasteiger partial charge in [-0.05, 0) is 29.3 Å². The standard InChI is InChI=1S/C25H27N3O4/c1-30-22-14-19(15-23(31-2)25(22)32-3)27-16-18-10-8-17(9-11-18)12-13-24(29)28-21-7-5-4-6-20(21)26/h4-15,27H,16,26H2,1-3H3,(H,28,29)/b13-12-. The molecule has 0 saturated heterocycles. The zero-order valence-electron chi connectivity index (χ0n) is 18.3. The van der Waals surface area contributed by atoms with Gasteiger partial charge in [-0.15, -0.1) is 0 Å². The van der Waals surface area contributed by atoms with Crippen molar-refractivity contribution >= 4 is 29.0 Å². The summed E-state index contributed by atoms with van der Waals surface area (Å²) in [5.41, 5.74) is 9.81. The van der Waals surface area contributed by atoms with Crippen LogP contribution in [0, 0.1) is 0 Å². The Labute approximate surface area is 187 Å². The number of benzene rings is 3. The zero-order chi connectivity index (χ0) is 22.9. The fourth-order valence-electron chi connectivity index (χ4n) is 3.09. The predicted octanol–water partition coefficient (Wildman–Crippen LogP) is 4.56. The lowest BCUT2D eigenvalue weighted by molar-refractivity contribution is -0.111. The van der Waals surface area contributed by atoms with Crippen LogP contribution in [0.15, 0.2) is 66.7 Å². The first-order chi connectivity index (χ1) is 15.5. The van der Waals surface area contributed by atoms with Crippen LogP contribution in [0.25, 0.3) is 6.08 Å². The van der Waals surface area contributed by atoms with E-state index < -0.39 is 0 Å². The molecule has 0 fully saturated rings. The number of amides is 1. The lowest BCUT2D eigenvalue weighted by Crippen LogP contribution is -2.09. The second-order valence-electron chi connectivity index (χ2n) is 6.92. The highest BCUT2D eigenvalue weighted by atomic mass is 16.5. The summed E-state index contributed by atoms with van der Waals surface area (Å²) in [4.78, 5) is 12.1. The van der Waals surface area contributed by atoms with E-state index in [1.54, 1.807) is 39.5 Å². The van der Waals surface area contributed by atoms with Crippen molar-refractivity contribution in [3.05, 3.63) is 77.9 Å². The zero-order valence-corrected chi connectivity index (χ0v) is 18.3. The van der Waals surface area contributed by atoms with Crippen molar-refractivity contribution in [3.63, 3.8) is 0 Å². The maximum Gasteiger partial charge on any atom is 0.248 e. The third-order valence-electron chi connectivity index (χ3n) is 4.79. The Morgan fingerprint density at radius 1 is 0.938 bits per heavy atom. The van der Waals surface area contributed by atoms with E-state index >= 15 is 0 Å². The average Bonchev–Trinajstić information content (AvgIpc) is 2.82. The molecule has 0 aliphatic carbocycles. The second-order valence-corrected chi connectivity index (χ2v) is 6.92. The number of rotatable bonds is 9. The van der Waals surface area contributed by atoms with Crippen molar-refractivity contribution in [2.24, 2.45) is 0 Å². The van der Waals surface area contributed by atoms with Gasteiger partial charge in [0.2, 0.25) is 11.7 Å². The summed E-state index contributed by atoms with van der Waals surface area (Å²) in [6.07, 6.45) is 3.24. The number of nitrogens with one attached hydrogen (secondary N) is 2. The summed E-state index contributed by atoms with van der Waals surface area (Å²) < 4.78 is 16.1. The van der Waals surface area contributed by atoms with E-state index in [4.69, 9.17) is 19.9 Å². The first kappa shape index (κ1) is 22.6. The van der Waals surface area contributed by atoms with E-state index in [1.807, 2.05) is 48.5 Å². The minimum absolute atomic E-state index is 0.240. The van der Waals surface area contributed by atoms with E-state index in [2.05, 4.69) is 10.6 Å². The van der Waals surface area contributed by atoms with Gasteiger partial charge >= 0.3 is 0 Å². The number of nitrogen functional groups attached to an aromatic ring is 1. The summed E-state index contributed by atoms with van der Waals surface area (Å²) >= 11 is 0. The van der Waals surface area contributed by atoms with Gasteiger partial charge < -0.3 is 30.6 Å². The van der Waals surface area contributed by atoms with Crippen molar-refractivity contribution in [3.8, 4) is 17.2 Å².